The smallest absolute Gasteiger partial charge is 0.159 e. The number of H-pyrrole nitrogens is 2. The Morgan fingerprint density at radius 1 is 1.13 bits per heavy atom. The van der Waals surface area contributed by atoms with E-state index in [2.05, 4.69) is 89.6 Å². The van der Waals surface area contributed by atoms with Crippen LogP contribution in [-0.4, -0.2) is 50.7 Å². The summed E-state index contributed by atoms with van der Waals surface area (Å²) >= 11 is 1.73. The van der Waals surface area contributed by atoms with Gasteiger partial charge >= 0.3 is 0 Å². The lowest BCUT2D eigenvalue weighted by Gasteiger charge is -2.09. The van der Waals surface area contributed by atoms with Crippen LogP contribution in [0.4, 0.5) is 0 Å². The van der Waals surface area contributed by atoms with Gasteiger partial charge in [0.1, 0.15) is 5.69 Å². The molecular weight excluding hydrogens is 500 g/mol. The van der Waals surface area contributed by atoms with Crippen molar-refractivity contribution in [1.29, 1.82) is 0 Å². The second-order valence-corrected chi connectivity index (χ2v) is 11.3. The summed E-state index contributed by atoms with van der Waals surface area (Å²) in [7, 11) is 4.20. The van der Waals surface area contributed by atoms with Crippen LogP contribution in [0.5, 0.6) is 0 Å². The van der Waals surface area contributed by atoms with Crippen molar-refractivity contribution in [1.82, 2.24) is 30.0 Å². The SMILES string of the molecule is C=C(C)c1ccc(-c2cccc3[nH]c(-c4n[nH]/c(=C/C=C(\C)c5cncc(CCCN(C)C)c5)c4=C)nc23)s1. The molecular formula is C32H34N6S. The van der Waals surface area contributed by atoms with Crippen molar-refractivity contribution in [2.45, 2.75) is 26.7 Å². The Morgan fingerprint density at radius 3 is 2.74 bits per heavy atom. The van der Waals surface area contributed by atoms with Crippen molar-refractivity contribution in [3.05, 3.63) is 88.0 Å². The highest BCUT2D eigenvalue weighted by Crippen LogP contribution is 2.35. The van der Waals surface area contributed by atoms with Gasteiger partial charge in [-0.25, -0.2) is 4.98 Å². The molecule has 0 saturated heterocycles. The molecule has 198 valence electrons. The van der Waals surface area contributed by atoms with Crippen LogP contribution in [0.25, 0.3) is 56.8 Å². The van der Waals surface area contributed by atoms with Gasteiger partial charge in [0.05, 0.1) is 16.4 Å². The van der Waals surface area contributed by atoms with Crippen molar-refractivity contribution < 1.29 is 0 Å². The number of para-hydroxylation sites is 1. The van der Waals surface area contributed by atoms with Gasteiger partial charge in [-0.2, -0.15) is 5.10 Å². The summed E-state index contributed by atoms with van der Waals surface area (Å²) in [6, 6.07) is 12.7. The van der Waals surface area contributed by atoms with Gasteiger partial charge < -0.3 is 9.88 Å². The number of fused-ring (bicyclic) bond motifs is 1. The summed E-state index contributed by atoms with van der Waals surface area (Å²) in [6.07, 6.45) is 10.1. The molecule has 1 aromatic carbocycles. The molecule has 0 aliphatic carbocycles. The average Bonchev–Trinajstić information content (AvgIpc) is 3.65. The Bertz CT molecular complexity index is 1780. The van der Waals surface area contributed by atoms with Gasteiger partial charge in [0, 0.05) is 32.9 Å². The molecule has 0 radical (unpaired) electrons. The average molecular weight is 535 g/mol. The fraction of sp³-hybridized carbons (Fsp3) is 0.219. The number of hydrogen-bond donors (Lipinski definition) is 2. The Balaban J connectivity index is 1.42. The summed E-state index contributed by atoms with van der Waals surface area (Å²) in [5.74, 6) is 0.699. The third-order valence-corrected chi connectivity index (χ3v) is 8.03. The molecule has 0 aliphatic heterocycles. The van der Waals surface area contributed by atoms with Crippen LogP contribution in [0.15, 0.2) is 61.4 Å². The maximum atomic E-state index is 4.94. The van der Waals surface area contributed by atoms with E-state index in [1.807, 2.05) is 37.5 Å². The van der Waals surface area contributed by atoms with Gasteiger partial charge in [-0.05, 0) is 99.9 Å². The fourth-order valence-electron chi connectivity index (χ4n) is 4.51. The van der Waals surface area contributed by atoms with Crippen LogP contribution in [0.2, 0.25) is 0 Å². The predicted molar refractivity (Wildman–Crippen MR) is 166 cm³/mol. The number of allylic oxidation sites excluding steroid dienone is 3. The van der Waals surface area contributed by atoms with Crippen LogP contribution >= 0.6 is 11.3 Å². The van der Waals surface area contributed by atoms with Gasteiger partial charge in [0.25, 0.3) is 0 Å². The number of aromatic amines is 2. The fourth-order valence-corrected chi connectivity index (χ4v) is 5.47. The lowest BCUT2D eigenvalue weighted by Crippen LogP contribution is -2.21. The molecule has 4 heterocycles. The van der Waals surface area contributed by atoms with Crippen LogP contribution in [0.3, 0.4) is 0 Å². The number of nitrogens with zero attached hydrogens (tertiary/aromatic N) is 4. The third kappa shape index (κ3) is 5.85. The predicted octanol–water partition coefficient (Wildman–Crippen LogP) is 5.90. The Kier molecular flexibility index (Phi) is 7.72. The largest absolute Gasteiger partial charge is 0.337 e. The molecule has 0 spiro atoms. The van der Waals surface area contributed by atoms with Crippen LogP contribution in [0, 0.1) is 0 Å². The van der Waals surface area contributed by atoms with E-state index in [-0.39, 0.29) is 0 Å². The van der Waals surface area contributed by atoms with E-state index in [0.717, 1.165) is 63.3 Å². The lowest BCUT2D eigenvalue weighted by molar-refractivity contribution is 0.400. The molecule has 0 aliphatic rings. The minimum atomic E-state index is 0.699. The first-order valence-corrected chi connectivity index (χ1v) is 13.9. The Morgan fingerprint density at radius 2 is 1.97 bits per heavy atom. The van der Waals surface area contributed by atoms with Crippen molar-refractivity contribution >= 4 is 46.2 Å². The molecule has 2 N–H and O–H groups in total. The first kappa shape index (κ1) is 26.5. The number of benzene rings is 1. The number of hydrogen-bond acceptors (Lipinski definition) is 5. The minimum absolute atomic E-state index is 0.699. The van der Waals surface area contributed by atoms with Gasteiger partial charge in [-0.1, -0.05) is 31.4 Å². The zero-order valence-corrected chi connectivity index (χ0v) is 23.8. The second kappa shape index (κ2) is 11.4. The number of aryl methyl sites for hydroxylation is 1. The molecule has 5 aromatic rings. The number of nitrogens with one attached hydrogen (secondary N) is 2. The van der Waals surface area contributed by atoms with E-state index in [0.29, 0.717) is 11.5 Å². The first-order chi connectivity index (χ1) is 18.8. The van der Waals surface area contributed by atoms with Crippen molar-refractivity contribution in [3.63, 3.8) is 0 Å². The minimum Gasteiger partial charge on any atom is -0.337 e. The normalized spacial score (nSPS) is 12.6. The quantitative estimate of drug-likeness (QED) is 0.247. The highest BCUT2D eigenvalue weighted by Gasteiger charge is 2.14. The standard InChI is InChI=1S/C32H34N6S/c1-20(2)28-14-15-29(39-28)25-10-7-11-27-31(25)35-32(34-27)30-22(4)26(36-37-30)13-12-21(3)24-17-23(18-33-19-24)9-8-16-38(5)6/h7,10-15,17-19,36H,1,4,8-9,16H2,2-3,5-6H3,(H,34,35)/b21-12+,26-13+. The summed E-state index contributed by atoms with van der Waals surface area (Å²) in [4.78, 5) is 17.4. The van der Waals surface area contributed by atoms with Crippen LogP contribution < -0.4 is 10.6 Å². The van der Waals surface area contributed by atoms with Gasteiger partial charge in [0.2, 0.25) is 0 Å². The molecule has 6 nitrogen and oxygen atoms in total. The molecule has 7 heteroatoms. The topological polar surface area (TPSA) is 73.5 Å². The van der Waals surface area contributed by atoms with Crippen LogP contribution in [0.1, 0.15) is 36.3 Å². The highest BCUT2D eigenvalue weighted by molar-refractivity contribution is 7.16. The molecule has 4 aromatic heterocycles. The van der Waals surface area contributed by atoms with Gasteiger partial charge in [0.15, 0.2) is 5.82 Å². The molecule has 0 unspecified atom stereocenters. The van der Waals surface area contributed by atoms with E-state index in [4.69, 9.17) is 4.98 Å². The summed E-state index contributed by atoms with van der Waals surface area (Å²) in [6.45, 7) is 13.6. The Labute approximate surface area is 233 Å². The summed E-state index contributed by atoms with van der Waals surface area (Å²) in [5.41, 5.74) is 8.27. The van der Waals surface area contributed by atoms with E-state index in [1.165, 1.54) is 15.3 Å². The number of thiophene rings is 1. The molecule has 0 fully saturated rings. The molecule has 5 rings (SSSR count). The van der Waals surface area contributed by atoms with E-state index in [1.54, 1.807) is 11.3 Å². The Hall–Kier alpha value is -4.07. The van der Waals surface area contributed by atoms with Crippen molar-refractivity contribution in [3.8, 4) is 22.0 Å². The zero-order chi connectivity index (χ0) is 27.5. The molecule has 39 heavy (non-hydrogen) atoms. The molecule has 0 bridgehead atoms. The number of aromatic nitrogens is 5. The second-order valence-electron chi connectivity index (χ2n) is 10.2. The van der Waals surface area contributed by atoms with Gasteiger partial charge in [-0.3, -0.25) is 10.1 Å². The van der Waals surface area contributed by atoms with E-state index >= 15 is 0 Å². The molecule has 0 amide bonds. The molecule has 0 saturated carbocycles. The van der Waals surface area contributed by atoms with Crippen molar-refractivity contribution in [2.75, 3.05) is 20.6 Å². The monoisotopic (exact) mass is 534 g/mol. The van der Waals surface area contributed by atoms with E-state index in [9.17, 15) is 0 Å². The maximum Gasteiger partial charge on any atom is 0.159 e. The highest BCUT2D eigenvalue weighted by atomic mass is 32.1. The maximum absolute atomic E-state index is 4.94. The third-order valence-electron chi connectivity index (χ3n) is 6.75. The van der Waals surface area contributed by atoms with Crippen molar-refractivity contribution in [2.24, 2.45) is 0 Å². The summed E-state index contributed by atoms with van der Waals surface area (Å²) < 4.78 is 0. The first-order valence-electron chi connectivity index (χ1n) is 13.1. The number of pyridine rings is 1. The number of rotatable bonds is 9. The molecule has 0 atom stereocenters. The summed E-state index contributed by atoms with van der Waals surface area (Å²) in [5, 5.41) is 9.34. The van der Waals surface area contributed by atoms with Gasteiger partial charge in [-0.15, -0.1) is 11.3 Å². The zero-order valence-electron chi connectivity index (χ0n) is 23.0. The van der Waals surface area contributed by atoms with Crippen LogP contribution in [-0.2, 0) is 6.42 Å². The van der Waals surface area contributed by atoms with E-state index < -0.39 is 0 Å². The number of imidazole rings is 1. The lowest BCUT2D eigenvalue weighted by atomic mass is 10.0.